The number of unbranched alkanes of at least 4 members (excludes halogenated alkanes) is 9. The van der Waals surface area contributed by atoms with Gasteiger partial charge in [0, 0.05) is 30.2 Å². The van der Waals surface area contributed by atoms with Crippen LogP contribution in [-0.2, 0) is 89.9 Å². The average Bonchev–Trinajstić information content (AvgIpc) is 0.754. The van der Waals surface area contributed by atoms with Gasteiger partial charge in [0.15, 0.2) is 0 Å². The van der Waals surface area contributed by atoms with Gasteiger partial charge in [-0.05, 0) is 159 Å². The summed E-state index contributed by atoms with van der Waals surface area (Å²) in [6.45, 7) is 11.1. The zero-order valence-electron chi connectivity index (χ0n) is 69.9. The number of carbonyl (C=O) groups is 8. The number of aliphatic hydroxyl groups excluding tert-OH is 1. The average molecular weight is 1760 g/mol. The van der Waals surface area contributed by atoms with Gasteiger partial charge in [-0.15, -0.1) is 0 Å². The number of aliphatic hydroxyl groups is 1. The third kappa shape index (κ3) is 46.7. The van der Waals surface area contributed by atoms with Crippen LogP contribution < -0.4 is 0 Å². The SMILES string of the molecule is CCCCCCCCCCCCOC(=O)C(C)(CC(C)(CC)C(=O)OCCOP(=O)(O)OCC[N+](C)(C)C)CC(C)(CC(C)(CC(C)(CC(C)(CC(C)(CC(C)(C)C(=O)OCCC[Si](O)(O)O)C(=O)OCCC[Si](O)(O)O)C(=O)OCCC[Si](O)(O)O)C(=O)OCCC[Si](O)(O)O)C(=O)OCCC[Si](O)(O)O)C(=O)OCC(C)O. The summed E-state index contributed by atoms with van der Waals surface area (Å²) in [7, 11) is -23.2. The van der Waals surface area contributed by atoms with Crippen LogP contribution in [0.1, 0.15) is 231 Å². The highest BCUT2D eigenvalue weighted by Crippen LogP contribution is 2.56. The lowest BCUT2D eigenvalue weighted by Crippen LogP contribution is -2.51. The Morgan fingerprint density at radius 3 is 0.842 bits per heavy atom. The van der Waals surface area contributed by atoms with Crippen LogP contribution >= 0.6 is 7.82 Å². The summed E-state index contributed by atoms with van der Waals surface area (Å²) in [4.78, 5) is 281. The highest BCUT2D eigenvalue weighted by atomic mass is 31.2. The molecule has 0 aliphatic rings. The van der Waals surface area contributed by atoms with Gasteiger partial charge in [0.2, 0.25) is 0 Å². The van der Waals surface area contributed by atoms with Gasteiger partial charge in [0.1, 0.15) is 26.4 Å². The lowest BCUT2D eigenvalue weighted by atomic mass is 9.56. The second-order valence-corrected chi connectivity index (χ2v) is 46.2. The van der Waals surface area contributed by atoms with Crippen molar-refractivity contribution in [2.75, 3.05) is 93.8 Å². The van der Waals surface area contributed by atoms with E-state index in [2.05, 4.69) is 6.92 Å². The van der Waals surface area contributed by atoms with Crippen molar-refractivity contribution >= 4 is 99.6 Å². The molecule has 0 aromatic rings. The molecule has 0 radical (unpaired) electrons. The number of ether oxygens (including phenoxy) is 8. The third-order valence-electron chi connectivity index (χ3n) is 19.5. The molecule has 37 nitrogen and oxygen atoms in total. The van der Waals surface area contributed by atoms with Crippen LogP contribution in [0.3, 0.4) is 0 Å². The van der Waals surface area contributed by atoms with Crippen molar-refractivity contribution in [2.24, 2.45) is 43.3 Å². The van der Waals surface area contributed by atoms with E-state index in [1.165, 1.54) is 62.3 Å². The summed E-state index contributed by atoms with van der Waals surface area (Å²) < 4.78 is 69.7. The van der Waals surface area contributed by atoms with Crippen molar-refractivity contribution in [2.45, 2.75) is 267 Å². The second-order valence-electron chi connectivity index (χ2n) is 34.5. The van der Waals surface area contributed by atoms with Gasteiger partial charge in [0.25, 0.3) is 0 Å². The highest BCUT2D eigenvalue weighted by molar-refractivity contribution is 7.47. The highest BCUT2D eigenvalue weighted by Gasteiger charge is 2.60. The fourth-order valence-electron chi connectivity index (χ4n) is 14.3. The number of likely N-dealkylation sites (N-methyl/N-ethyl adjacent to an activating group) is 1. The van der Waals surface area contributed by atoms with E-state index in [-0.39, 0.29) is 32.5 Å². The molecule has 0 spiro atoms. The van der Waals surface area contributed by atoms with Gasteiger partial charge in [-0.1, -0.05) is 71.6 Å². The molecule has 0 aromatic carbocycles. The molecule has 114 heavy (non-hydrogen) atoms. The van der Waals surface area contributed by atoms with Crippen molar-refractivity contribution in [1.29, 1.82) is 0 Å². The summed E-state index contributed by atoms with van der Waals surface area (Å²) in [5.74, 6) is -9.40. The number of rotatable bonds is 64. The number of hydrogen-bond acceptors (Lipinski definition) is 35. The largest absolute Gasteiger partial charge is 0.492 e. The zero-order chi connectivity index (χ0) is 88.3. The molecule has 0 heterocycles. The smallest absolute Gasteiger partial charge is 0.465 e. The Balaban J connectivity index is 9.38. The molecule has 17 N–H and O–H groups in total. The molecule has 9 atom stereocenters. The Bertz CT molecular complexity index is 2990. The first-order valence-electron chi connectivity index (χ1n) is 39.1. The lowest BCUT2D eigenvalue weighted by molar-refractivity contribution is -0.870. The van der Waals surface area contributed by atoms with Crippen LogP contribution in [-0.4, -0.2) is 278 Å². The first-order valence-corrected chi connectivity index (χ1v) is 50.9. The minimum Gasteiger partial charge on any atom is -0.465 e. The van der Waals surface area contributed by atoms with Crippen LogP contribution in [0.5, 0.6) is 0 Å². The first kappa shape index (κ1) is 110. The molecule has 0 fully saturated rings. The molecule has 0 aliphatic heterocycles. The summed E-state index contributed by atoms with van der Waals surface area (Å²) in [5, 5.41) is 10.7. The molecule has 0 rings (SSSR count). The predicted molar refractivity (Wildman–Crippen MR) is 418 cm³/mol. The van der Waals surface area contributed by atoms with Gasteiger partial charge in [0.05, 0.1) is 117 Å². The Hall–Kier alpha value is -3.73. The number of phosphoric acid groups is 1. The second kappa shape index (κ2) is 48.6. The fraction of sp³-hybridized carbons (Fsp3) is 0.887. The van der Waals surface area contributed by atoms with E-state index in [0.29, 0.717) is 23.9 Å². The number of esters is 8. The normalized spacial score (nSPS) is 17.3. The van der Waals surface area contributed by atoms with Crippen molar-refractivity contribution in [1.82, 2.24) is 0 Å². The third-order valence-corrected chi connectivity index (χ3v) is 25.7. The number of carbonyl (C=O) groups excluding carboxylic acids is 8. The van der Waals surface area contributed by atoms with Crippen molar-refractivity contribution < 1.29 is 176 Å². The first-order chi connectivity index (χ1) is 51.8. The van der Waals surface area contributed by atoms with Crippen molar-refractivity contribution in [3.63, 3.8) is 0 Å². The van der Waals surface area contributed by atoms with Gasteiger partial charge in [-0.3, -0.25) is 47.4 Å². The number of nitrogens with zero attached hydrogens (tertiary/aromatic N) is 1. The molecule has 9 unspecified atom stereocenters. The van der Waals surface area contributed by atoms with Crippen LogP contribution in [0.15, 0.2) is 0 Å². The number of quaternary nitrogens is 1. The Morgan fingerprint density at radius 2 is 0.561 bits per heavy atom. The molecule has 0 saturated carbocycles. The molecule has 670 valence electrons. The van der Waals surface area contributed by atoms with E-state index in [9.17, 15) is 96.1 Å². The van der Waals surface area contributed by atoms with Gasteiger partial charge < -0.3 is 124 Å². The zero-order valence-corrected chi connectivity index (χ0v) is 75.8. The van der Waals surface area contributed by atoms with E-state index in [0.717, 1.165) is 58.3 Å². The summed E-state index contributed by atoms with van der Waals surface area (Å²) in [6.07, 6.45) is 0.0260. The standard InChI is InChI=1S/C71H140NO36PSi5/c1-16-18-19-20-21-22-23-24-25-26-33-100-59(77)67(8,49-65(6,17-2)57(75)105-40-41-108-109(82,83)107-39-32-72(13,14)15)51-71(12,63(81)106-47-55(3)73)54-70(11,62(80)104-38-31-46-114(96,97)98)53-69(10,61(79)103-37-30-45-113(93,94)95)52-68(9,60(78)102-36-29-44-112(90,91)92)50-66(7,58(76)101-35-28-43-111(87,88)89)48-64(4,5)56(74)99-34-27-42-110(84,85)86/h55,73,84-98H,16-54H2,1-15H3/p+1. The molecule has 0 saturated heterocycles. The van der Waals surface area contributed by atoms with Gasteiger partial charge >= 0.3 is 99.6 Å². The van der Waals surface area contributed by atoms with E-state index < -0.39 is 296 Å². The Morgan fingerprint density at radius 1 is 0.325 bits per heavy atom. The Kier molecular flexibility index (Phi) is 47.1. The monoisotopic (exact) mass is 1750 g/mol. The topological polar surface area (TPSA) is 590 Å². The van der Waals surface area contributed by atoms with Crippen LogP contribution in [0, 0.1) is 43.3 Å². The van der Waals surface area contributed by atoms with E-state index in [4.69, 9.17) is 46.9 Å². The quantitative estimate of drug-likeness (QED) is 0.0104. The number of phosphoric ester groups is 1. The van der Waals surface area contributed by atoms with Crippen LogP contribution in [0.4, 0.5) is 0 Å². The molecule has 0 amide bonds. The molecule has 43 heteroatoms. The molecular weight excluding hydrogens is 1610 g/mol. The predicted octanol–water partition coefficient (Wildman–Crippen LogP) is 3.21. The van der Waals surface area contributed by atoms with Crippen LogP contribution in [0.25, 0.3) is 0 Å². The summed E-state index contributed by atoms with van der Waals surface area (Å²) in [6, 6.07) is -3.33. The Labute approximate surface area is 676 Å². The molecule has 0 aromatic heterocycles. The van der Waals surface area contributed by atoms with Crippen molar-refractivity contribution in [3.8, 4) is 0 Å². The fourth-order valence-corrected chi connectivity index (χ4v) is 18.1. The minimum absolute atomic E-state index is 0.0956. The van der Waals surface area contributed by atoms with Gasteiger partial charge in [-0.25, -0.2) is 4.57 Å². The molecule has 0 aliphatic carbocycles. The maximum Gasteiger partial charge on any atom is 0.492 e. The summed E-state index contributed by atoms with van der Waals surface area (Å²) >= 11 is 0. The number of hydrogen-bond donors (Lipinski definition) is 17. The van der Waals surface area contributed by atoms with Gasteiger partial charge in [-0.2, -0.15) is 0 Å². The van der Waals surface area contributed by atoms with E-state index in [1.807, 2.05) is 21.1 Å². The van der Waals surface area contributed by atoms with Crippen molar-refractivity contribution in [3.05, 3.63) is 0 Å². The lowest BCUT2D eigenvalue weighted by Gasteiger charge is -2.46. The maximum atomic E-state index is 15.8. The molecule has 0 bridgehead atoms. The van der Waals surface area contributed by atoms with Crippen LogP contribution in [0.2, 0.25) is 30.2 Å². The molecular formula is C71H141NO36PSi5+. The minimum atomic E-state index is -4.88. The van der Waals surface area contributed by atoms with E-state index >= 15 is 28.8 Å². The summed E-state index contributed by atoms with van der Waals surface area (Å²) in [5.41, 5.74) is -17.5. The maximum absolute atomic E-state index is 15.8. The van der Waals surface area contributed by atoms with E-state index in [1.54, 1.807) is 6.92 Å².